The van der Waals surface area contributed by atoms with Crippen molar-refractivity contribution in [2.75, 3.05) is 13.7 Å². The molecule has 172 valence electrons. The molecule has 32 heavy (non-hydrogen) atoms. The van der Waals surface area contributed by atoms with E-state index in [2.05, 4.69) is 10.0 Å². The molecule has 2 aromatic carbocycles. The van der Waals surface area contributed by atoms with Crippen LogP contribution in [0.5, 0.6) is 5.75 Å². The topological polar surface area (TPSA) is 114 Å². The first-order chi connectivity index (χ1) is 15.3. The summed E-state index contributed by atoms with van der Waals surface area (Å²) in [4.78, 5) is 12.3. The van der Waals surface area contributed by atoms with Gasteiger partial charge in [-0.05, 0) is 29.8 Å². The lowest BCUT2D eigenvalue weighted by Crippen LogP contribution is -2.49. The van der Waals surface area contributed by atoms with Crippen LogP contribution in [0.2, 0.25) is 5.02 Å². The zero-order chi connectivity index (χ0) is 23.1. The van der Waals surface area contributed by atoms with E-state index in [9.17, 15) is 18.3 Å². The Bertz CT molecular complexity index is 1060. The number of carbonyl (C=O) groups is 1. The molecule has 0 bridgehead atoms. The first-order valence-electron chi connectivity index (χ1n) is 9.93. The van der Waals surface area contributed by atoms with E-state index >= 15 is 0 Å². The van der Waals surface area contributed by atoms with Gasteiger partial charge in [-0.2, -0.15) is 0 Å². The van der Waals surface area contributed by atoms with Gasteiger partial charge in [0.15, 0.2) is 0 Å². The van der Waals surface area contributed by atoms with Gasteiger partial charge in [-0.15, -0.1) is 0 Å². The van der Waals surface area contributed by atoms with Gasteiger partial charge in [0, 0.05) is 17.6 Å². The van der Waals surface area contributed by atoms with E-state index < -0.39 is 34.9 Å². The third kappa shape index (κ3) is 6.54. The average molecular weight is 481 g/mol. The number of ether oxygens (including phenoxy) is 2. The van der Waals surface area contributed by atoms with Gasteiger partial charge in [-0.25, -0.2) is 13.1 Å². The number of methoxy groups -OCH3 is 1. The first-order valence-corrected chi connectivity index (χ1v) is 11.8. The van der Waals surface area contributed by atoms with Crippen LogP contribution in [0, 0.1) is 0 Å². The molecule has 0 radical (unpaired) electrons. The maximum atomic E-state index is 12.7. The number of hydrogen-bond acceptors (Lipinski definition) is 6. The van der Waals surface area contributed by atoms with E-state index in [1.54, 1.807) is 36.4 Å². The third-order valence-corrected chi connectivity index (χ3v) is 6.60. The second kappa shape index (κ2) is 10.9. The Morgan fingerprint density at radius 3 is 2.62 bits per heavy atom. The third-order valence-electron chi connectivity index (χ3n) is 4.90. The van der Waals surface area contributed by atoms with Crippen molar-refractivity contribution in [3.8, 4) is 5.75 Å². The highest BCUT2D eigenvalue weighted by Gasteiger charge is 2.31. The molecule has 3 N–H and O–H groups in total. The molecule has 1 amide bonds. The Hall–Kier alpha value is -2.43. The molecule has 1 heterocycles. The summed E-state index contributed by atoms with van der Waals surface area (Å²) >= 11 is 5.85. The lowest BCUT2D eigenvalue weighted by Gasteiger charge is -2.31. The van der Waals surface area contributed by atoms with Gasteiger partial charge in [-0.1, -0.05) is 42.0 Å². The van der Waals surface area contributed by atoms with Gasteiger partial charge in [0.1, 0.15) is 11.9 Å². The predicted octanol–water partition coefficient (Wildman–Crippen LogP) is 2.02. The van der Waals surface area contributed by atoms with Crippen molar-refractivity contribution in [1.82, 2.24) is 10.0 Å². The molecule has 10 heteroatoms. The molecule has 2 aromatic rings. The maximum absolute atomic E-state index is 12.7. The van der Waals surface area contributed by atoms with Crippen LogP contribution in [0.3, 0.4) is 0 Å². The molecular weight excluding hydrogens is 456 g/mol. The zero-order valence-electron chi connectivity index (χ0n) is 17.4. The van der Waals surface area contributed by atoms with E-state index in [-0.39, 0.29) is 17.2 Å². The predicted molar refractivity (Wildman–Crippen MR) is 120 cm³/mol. The zero-order valence-corrected chi connectivity index (χ0v) is 19.0. The first kappa shape index (κ1) is 24.2. The van der Waals surface area contributed by atoms with E-state index in [0.29, 0.717) is 17.3 Å². The highest BCUT2D eigenvalue weighted by Crippen LogP contribution is 2.21. The molecule has 0 unspecified atom stereocenters. The summed E-state index contributed by atoms with van der Waals surface area (Å²) in [6.07, 6.45) is 1.83. The van der Waals surface area contributed by atoms with Gasteiger partial charge in [0.2, 0.25) is 15.9 Å². The molecule has 0 aliphatic carbocycles. The van der Waals surface area contributed by atoms with Crippen molar-refractivity contribution >= 4 is 27.5 Å². The summed E-state index contributed by atoms with van der Waals surface area (Å²) in [6.45, 7) is -0.0721. The summed E-state index contributed by atoms with van der Waals surface area (Å²) < 4.78 is 38.8. The summed E-state index contributed by atoms with van der Waals surface area (Å²) in [6, 6.07) is 12.4. The fourth-order valence-electron chi connectivity index (χ4n) is 3.18. The maximum Gasteiger partial charge on any atom is 0.241 e. The van der Waals surface area contributed by atoms with Crippen LogP contribution in [-0.4, -0.2) is 51.4 Å². The number of amides is 1. The van der Waals surface area contributed by atoms with Crippen LogP contribution in [-0.2, 0) is 26.1 Å². The van der Waals surface area contributed by atoms with Crippen LogP contribution in [0.1, 0.15) is 12.0 Å². The number of hydrogen-bond donors (Lipinski definition) is 3. The molecule has 3 rings (SSSR count). The lowest BCUT2D eigenvalue weighted by atomic mass is 10.1. The lowest BCUT2D eigenvalue weighted by molar-refractivity contribution is -0.125. The largest absolute Gasteiger partial charge is 0.497 e. The van der Waals surface area contributed by atoms with E-state index in [0.717, 1.165) is 5.56 Å². The molecular formula is C22H25ClN2O6S. The number of rotatable bonds is 9. The molecule has 0 fully saturated rings. The standard InChI is InChI=1S/C22H25ClN2O6S/c1-30-17-3-2-4-19(11-17)32(28,29)25-20-10-9-18(31-21(20)14-26)12-22(27)24-13-15-5-7-16(23)8-6-15/h2-11,18,20-21,25-26H,12-14H2,1H3,(H,24,27)/t18-,20-,21+/m0/s1. The Morgan fingerprint density at radius 1 is 1.19 bits per heavy atom. The van der Waals surface area contributed by atoms with Crippen LogP contribution in [0.25, 0.3) is 0 Å². The molecule has 1 aliphatic rings. The number of carbonyl (C=O) groups excluding carboxylic acids is 1. The molecule has 3 atom stereocenters. The normalized spacial score (nSPS) is 20.7. The number of sulfonamides is 1. The minimum atomic E-state index is -3.88. The van der Waals surface area contributed by atoms with Crippen LogP contribution < -0.4 is 14.8 Å². The molecule has 0 saturated carbocycles. The number of nitrogens with one attached hydrogen (secondary N) is 2. The molecule has 0 spiro atoms. The highest BCUT2D eigenvalue weighted by atomic mass is 35.5. The fourth-order valence-corrected chi connectivity index (χ4v) is 4.56. The van der Waals surface area contributed by atoms with Crippen molar-refractivity contribution in [2.24, 2.45) is 0 Å². The summed E-state index contributed by atoms with van der Waals surface area (Å²) in [5, 5.41) is 13.1. The second-order valence-electron chi connectivity index (χ2n) is 7.21. The van der Waals surface area contributed by atoms with Gasteiger partial charge in [-0.3, -0.25) is 4.79 Å². The van der Waals surface area contributed by atoms with Crippen molar-refractivity contribution in [3.05, 3.63) is 71.3 Å². The molecule has 0 saturated heterocycles. The van der Waals surface area contributed by atoms with Crippen LogP contribution >= 0.6 is 11.6 Å². The summed E-state index contributed by atoms with van der Waals surface area (Å²) in [5.41, 5.74) is 0.906. The van der Waals surface area contributed by atoms with Gasteiger partial charge in [0.25, 0.3) is 0 Å². The Kier molecular flexibility index (Phi) is 8.27. The number of aliphatic hydroxyl groups is 1. The van der Waals surface area contributed by atoms with E-state index in [1.165, 1.54) is 19.2 Å². The van der Waals surface area contributed by atoms with E-state index in [4.69, 9.17) is 21.1 Å². The smallest absolute Gasteiger partial charge is 0.241 e. The SMILES string of the molecule is COc1cccc(S(=O)(=O)N[C@H]2C=C[C@@H](CC(=O)NCc3ccc(Cl)cc3)O[C@@H]2CO)c1. The van der Waals surface area contributed by atoms with Crippen molar-refractivity contribution in [3.63, 3.8) is 0 Å². The Morgan fingerprint density at radius 2 is 1.94 bits per heavy atom. The van der Waals surface area contributed by atoms with Gasteiger partial charge >= 0.3 is 0 Å². The van der Waals surface area contributed by atoms with Crippen LogP contribution in [0.15, 0.2) is 65.6 Å². The van der Waals surface area contributed by atoms with Gasteiger partial charge < -0.3 is 19.9 Å². The molecule has 8 nitrogen and oxygen atoms in total. The van der Waals surface area contributed by atoms with E-state index in [1.807, 2.05) is 12.1 Å². The van der Waals surface area contributed by atoms with Crippen molar-refractivity contribution < 1.29 is 27.8 Å². The minimum Gasteiger partial charge on any atom is -0.497 e. The minimum absolute atomic E-state index is 0.0330. The Balaban J connectivity index is 1.59. The van der Waals surface area contributed by atoms with Gasteiger partial charge in [0.05, 0.1) is 37.2 Å². The molecule has 1 aliphatic heterocycles. The fraction of sp³-hybridized carbons (Fsp3) is 0.318. The monoisotopic (exact) mass is 480 g/mol. The average Bonchev–Trinajstić information content (AvgIpc) is 2.79. The van der Waals surface area contributed by atoms with Crippen molar-refractivity contribution in [2.45, 2.75) is 36.1 Å². The number of benzene rings is 2. The Labute approximate surface area is 192 Å². The summed E-state index contributed by atoms with van der Waals surface area (Å²) in [7, 11) is -2.43. The second-order valence-corrected chi connectivity index (χ2v) is 9.36. The van der Waals surface area contributed by atoms with Crippen LogP contribution in [0.4, 0.5) is 0 Å². The summed E-state index contributed by atoms with van der Waals surface area (Å²) in [5.74, 6) is 0.174. The van der Waals surface area contributed by atoms with Crippen molar-refractivity contribution in [1.29, 1.82) is 0 Å². The number of aliphatic hydroxyl groups excluding tert-OH is 1. The quantitative estimate of drug-likeness (QED) is 0.473. The molecule has 0 aromatic heterocycles. The highest BCUT2D eigenvalue weighted by molar-refractivity contribution is 7.89. The number of halogens is 1.